The summed E-state index contributed by atoms with van der Waals surface area (Å²) in [6, 6.07) is 4.95. The summed E-state index contributed by atoms with van der Waals surface area (Å²) in [5, 5.41) is 8.87. The van der Waals surface area contributed by atoms with E-state index in [0.717, 1.165) is 17.7 Å². The molecular formula is C12H16O3. The van der Waals surface area contributed by atoms with Gasteiger partial charge in [0.15, 0.2) is 0 Å². The molecule has 0 heterocycles. The molecule has 0 aromatic heterocycles. The first kappa shape index (κ1) is 11.6. The van der Waals surface area contributed by atoms with E-state index in [9.17, 15) is 4.79 Å². The predicted molar refractivity (Wildman–Crippen MR) is 58.5 cm³/mol. The minimum Gasteiger partial charge on any atom is -0.496 e. The van der Waals surface area contributed by atoms with Crippen LogP contribution < -0.4 is 4.74 Å². The van der Waals surface area contributed by atoms with Crippen molar-refractivity contribution >= 4 is 5.97 Å². The zero-order valence-electron chi connectivity index (χ0n) is 9.28. The third-order valence-electron chi connectivity index (χ3n) is 2.16. The number of methoxy groups -OCH3 is 1. The second kappa shape index (κ2) is 4.82. The third kappa shape index (κ3) is 2.98. The van der Waals surface area contributed by atoms with Crippen molar-refractivity contribution in [3.05, 3.63) is 29.3 Å². The predicted octanol–water partition coefficient (Wildman–Crippen LogP) is 2.59. The highest BCUT2D eigenvalue weighted by Crippen LogP contribution is 2.22. The minimum absolute atomic E-state index is 0.312. The molecule has 1 aromatic carbocycles. The minimum atomic E-state index is -0.900. The van der Waals surface area contributed by atoms with E-state index in [1.165, 1.54) is 0 Å². The topological polar surface area (TPSA) is 46.5 Å². The van der Waals surface area contributed by atoms with Crippen molar-refractivity contribution in [3.63, 3.8) is 0 Å². The molecule has 0 amide bonds. The second-order valence-electron chi connectivity index (χ2n) is 3.93. The molecule has 0 aliphatic rings. The van der Waals surface area contributed by atoms with Crippen LogP contribution in [-0.2, 0) is 6.42 Å². The standard InChI is InChI=1S/C12H16O3/c1-8(2)6-10-7-9(12(13)14)4-5-11(10)15-3/h4-5,7-8H,6H2,1-3H3,(H,13,14). The number of ether oxygens (including phenoxy) is 1. The van der Waals surface area contributed by atoms with Crippen LogP contribution in [0.15, 0.2) is 18.2 Å². The van der Waals surface area contributed by atoms with E-state index in [2.05, 4.69) is 13.8 Å². The lowest BCUT2D eigenvalue weighted by atomic mass is 10.00. The van der Waals surface area contributed by atoms with Crippen molar-refractivity contribution in [1.29, 1.82) is 0 Å². The normalized spacial score (nSPS) is 10.4. The Kier molecular flexibility index (Phi) is 3.72. The molecule has 0 saturated heterocycles. The molecule has 0 atom stereocenters. The van der Waals surface area contributed by atoms with Crippen molar-refractivity contribution in [1.82, 2.24) is 0 Å². The van der Waals surface area contributed by atoms with Crippen LogP contribution in [0.25, 0.3) is 0 Å². The number of aromatic carboxylic acids is 1. The maximum atomic E-state index is 10.8. The summed E-state index contributed by atoms with van der Waals surface area (Å²) in [7, 11) is 1.60. The molecule has 0 aliphatic heterocycles. The SMILES string of the molecule is COc1ccc(C(=O)O)cc1CC(C)C. The zero-order valence-corrected chi connectivity index (χ0v) is 9.28. The molecule has 1 rings (SSSR count). The first-order chi connectivity index (χ1) is 7.04. The molecule has 3 nitrogen and oxygen atoms in total. The van der Waals surface area contributed by atoms with Gasteiger partial charge in [-0.15, -0.1) is 0 Å². The molecule has 0 bridgehead atoms. The molecule has 1 aromatic rings. The van der Waals surface area contributed by atoms with Gasteiger partial charge in [-0.25, -0.2) is 4.79 Å². The van der Waals surface area contributed by atoms with Gasteiger partial charge in [-0.1, -0.05) is 13.8 Å². The average molecular weight is 208 g/mol. The fourth-order valence-corrected chi connectivity index (χ4v) is 1.51. The third-order valence-corrected chi connectivity index (χ3v) is 2.16. The van der Waals surface area contributed by atoms with Gasteiger partial charge in [-0.3, -0.25) is 0 Å². The fraction of sp³-hybridized carbons (Fsp3) is 0.417. The van der Waals surface area contributed by atoms with Crippen molar-refractivity contribution in [2.75, 3.05) is 7.11 Å². The summed E-state index contributed by atoms with van der Waals surface area (Å²) in [6.07, 6.45) is 0.824. The van der Waals surface area contributed by atoms with Gasteiger partial charge in [0.05, 0.1) is 12.7 Å². The molecule has 0 aliphatic carbocycles. The summed E-state index contributed by atoms with van der Waals surface area (Å²) < 4.78 is 5.19. The van der Waals surface area contributed by atoms with Gasteiger partial charge in [0.1, 0.15) is 5.75 Å². The van der Waals surface area contributed by atoms with Gasteiger partial charge in [0.25, 0.3) is 0 Å². The Labute approximate surface area is 89.7 Å². The van der Waals surface area contributed by atoms with Crippen LogP contribution in [0.4, 0.5) is 0 Å². The smallest absolute Gasteiger partial charge is 0.335 e. The van der Waals surface area contributed by atoms with E-state index in [-0.39, 0.29) is 0 Å². The van der Waals surface area contributed by atoms with E-state index >= 15 is 0 Å². The Morgan fingerprint density at radius 1 is 1.47 bits per heavy atom. The van der Waals surface area contributed by atoms with Crippen LogP contribution in [0.3, 0.4) is 0 Å². The molecular weight excluding hydrogens is 192 g/mol. The lowest BCUT2D eigenvalue weighted by Crippen LogP contribution is -2.02. The van der Waals surface area contributed by atoms with Crippen LogP contribution in [0.5, 0.6) is 5.75 Å². The summed E-state index contributed by atoms with van der Waals surface area (Å²) in [4.78, 5) is 10.8. The number of rotatable bonds is 4. The number of carboxylic acids is 1. The van der Waals surface area contributed by atoms with E-state index in [4.69, 9.17) is 9.84 Å². The maximum absolute atomic E-state index is 10.8. The highest BCUT2D eigenvalue weighted by molar-refractivity contribution is 5.88. The van der Waals surface area contributed by atoms with Gasteiger partial charge < -0.3 is 9.84 Å². The lowest BCUT2D eigenvalue weighted by molar-refractivity contribution is 0.0696. The van der Waals surface area contributed by atoms with Crippen molar-refractivity contribution in [2.24, 2.45) is 5.92 Å². The molecule has 1 N–H and O–H groups in total. The van der Waals surface area contributed by atoms with Crippen molar-refractivity contribution < 1.29 is 14.6 Å². The van der Waals surface area contributed by atoms with Crippen LogP contribution in [0, 0.1) is 5.92 Å². The summed E-state index contributed by atoms with van der Waals surface area (Å²) in [5.41, 5.74) is 1.26. The number of hydrogen-bond donors (Lipinski definition) is 1. The van der Waals surface area contributed by atoms with E-state index in [0.29, 0.717) is 11.5 Å². The first-order valence-corrected chi connectivity index (χ1v) is 4.94. The summed E-state index contributed by atoms with van der Waals surface area (Å²) in [5.74, 6) is 0.333. The van der Waals surface area contributed by atoms with Gasteiger partial charge >= 0.3 is 5.97 Å². The molecule has 0 radical (unpaired) electrons. The molecule has 82 valence electrons. The van der Waals surface area contributed by atoms with Crippen LogP contribution in [-0.4, -0.2) is 18.2 Å². The summed E-state index contributed by atoms with van der Waals surface area (Å²) in [6.45, 7) is 4.18. The second-order valence-corrected chi connectivity index (χ2v) is 3.93. The number of carboxylic acid groups (broad SMARTS) is 1. The molecule has 0 unspecified atom stereocenters. The van der Waals surface area contributed by atoms with Gasteiger partial charge in [-0.05, 0) is 36.1 Å². The Balaban J connectivity index is 3.07. The molecule has 0 saturated carbocycles. The average Bonchev–Trinajstić information content (AvgIpc) is 2.16. The fourth-order valence-electron chi connectivity index (χ4n) is 1.51. The molecule has 0 spiro atoms. The van der Waals surface area contributed by atoms with Gasteiger partial charge in [-0.2, -0.15) is 0 Å². The molecule has 0 fully saturated rings. The first-order valence-electron chi connectivity index (χ1n) is 4.94. The largest absolute Gasteiger partial charge is 0.496 e. The Morgan fingerprint density at radius 2 is 2.13 bits per heavy atom. The quantitative estimate of drug-likeness (QED) is 0.827. The summed E-state index contributed by atoms with van der Waals surface area (Å²) >= 11 is 0. The number of benzene rings is 1. The lowest BCUT2D eigenvalue weighted by Gasteiger charge is -2.11. The molecule has 3 heteroatoms. The highest BCUT2D eigenvalue weighted by Gasteiger charge is 2.09. The van der Waals surface area contributed by atoms with Crippen molar-refractivity contribution in [3.8, 4) is 5.75 Å². The van der Waals surface area contributed by atoms with Gasteiger partial charge in [0, 0.05) is 0 Å². The highest BCUT2D eigenvalue weighted by atomic mass is 16.5. The van der Waals surface area contributed by atoms with E-state index in [1.54, 1.807) is 25.3 Å². The number of hydrogen-bond acceptors (Lipinski definition) is 2. The van der Waals surface area contributed by atoms with E-state index < -0.39 is 5.97 Å². The Bertz CT molecular complexity index is 356. The Hall–Kier alpha value is -1.51. The van der Waals surface area contributed by atoms with Crippen LogP contribution in [0.1, 0.15) is 29.8 Å². The zero-order chi connectivity index (χ0) is 11.4. The number of carbonyl (C=O) groups is 1. The monoisotopic (exact) mass is 208 g/mol. The Morgan fingerprint density at radius 3 is 2.60 bits per heavy atom. The van der Waals surface area contributed by atoms with Crippen LogP contribution >= 0.6 is 0 Å². The van der Waals surface area contributed by atoms with Crippen molar-refractivity contribution in [2.45, 2.75) is 20.3 Å². The maximum Gasteiger partial charge on any atom is 0.335 e. The van der Waals surface area contributed by atoms with Crippen LogP contribution in [0.2, 0.25) is 0 Å². The van der Waals surface area contributed by atoms with Gasteiger partial charge in [0.2, 0.25) is 0 Å². The molecule has 15 heavy (non-hydrogen) atoms. The van der Waals surface area contributed by atoms with E-state index in [1.807, 2.05) is 0 Å².